The predicted molar refractivity (Wildman–Crippen MR) is 153 cm³/mol. The molecule has 3 saturated heterocycles. The minimum atomic E-state index is -0.722. The Morgan fingerprint density at radius 3 is 2.46 bits per heavy atom. The van der Waals surface area contributed by atoms with Gasteiger partial charge in [-0.1, -0.05) is 20.8 Å². The minimum absolute atomic E-state index is 0.0541. The highest BCUT2D eigenvalue weighted by Crippen LogP contribution is 2.41. The molecular weight excluding hydrogens is 492 g/mol. The van der Waals surface area contributed by atoms with E-state index >= 15 is 0 Å². The quantitative estimate of drug-likeness (QED) is 0.214. The Kier molecular flexibility index (Phi) is 8.36. The van der Waals surface area contributed by atoms with Crippen molar-refractivity contribution in [2.75, 3.05) is 26.9 Å². The molecular formula is C29H56N8O2. The monoisotopic (exact) mass is 548 g/mol. The highest BCUT2D eigenvalue weighted by molar-refractivity contribution is 5.05. The second-order valence-corrected chi connectivity index (χ2v) is 15.0. The summed E-state index contributed by atoms with van der Waals surface area (Å²) in [5.74, 6) is 1.73. The molecule has 6 aliphatic rings. The molecule has 10 nitrogen and oxygen atoms in total. The van der Waals surface area contributed by atoms with Gasteiger partial charge in [0.15, 0.2) is 0 Å². The molecule has 3 saturated carbocycles. The smallest absolute Gasteiger partial charge is 0.0958 e. The number of hydrogen-bond acceptors (Lipinski definition) is 10. The number of rotatable bonds is 7. The number of fused-ring (bicyclic) bond motifs is 2. The number of aliphatic hydroxyl groups excluding tert-OH is 2. The van der Waals surface area contributed by atoms with Crippen LogP contribution in [0.15, 0.2) is 0 Å². The molecule has 7 unspecified atom stereocenters. The van der Waals surface area contributed by atoms with Gasteiger partial charge in [-0.2, -0.15) is 0 Å². The molecule has 0 amide bonds. The number of nitrogens with one attached hydrogen (secondary N) is 5. The fraction of sp³-hybridized carbons (Fsp3) is 1.00. The van der Waals surface area contributed by atoms with Crippen molar-refractivity contribution in [3.63, 3.8) is 0 Å². The second-order valence-electron chi connectivity index (χ2n) is 15.0. The minimum Gasteiger partial charge on any atom is -0.390 e. The third-order valence-corrected chi connectivity index (χ3v) is 11.6. The normalized spacial score (nSPS) is 48.8. The molecule has 0 spiro atoms. The summed E-state index contributed by atoms with van der Waals surface area (Å²) in [7, 11) is 2.21. The summed E-state index contributed by atoms with van der Waals surface area (Å²) in [6.07, 6.45) is 8.88. The molecule has 0 aromatic carbocycles. The van der Waals surface area contributed by atoms with Gasteiger partial charge in [0.05, 0.1) is 43.4 Å². The molecule has 0 bridgehead atoms. The summed E-state index contributed by atoms with van der Waals surface area (Å²) >= 11 is 0. The van der Waals surface area contributed by atoms with Crippen molar-refractivity contribution in [2.24, 2.45) is 28.9 Å². The van der Waals surface area contributed by atoms with Crippen LogP contribution in [0.2, 0.25) is 0 Å². The lowest BCUT2D eigenvalue weighted by Crippen LogP contribution is -2.68. The first-order chi connectivity index (χ1) is 18.6. The van der Waals surface area contributed by atoms with E-state index < -0.39 is 12.2 Å². The van der Waals surface area contributed by atoms with E-state index in [1.54, 1.807) is 0 Å². The Hall–Kier alpha value is -0.400. The van der Waals surface area contributed by atoms with Crippen molar-refractivity contribution in [3.8, 4) is 0 Å². The first-order valence-corrected chi connectivity index (χ1v) is 15.9. The third kappa shape index (κ3) is 5.81. The van der Waals surface area contributed by atoms with Crippen LogP contribution in [0.25, 0.3) is 0 Å². The van der Waals surface area contributed by atoms with Gasteiger partial charge in [-0.05, 0) is 75.7 Å². The number of hydrogen-bond donors (Lipinski definition) is 8. The first-order valence-electron chi connectivity index (χ1n) is 15.9. The van der Waals surface area contributed by atoms with Gasteiger partial charge in [-0.25, -0.2) is 0 Å². The Labute approximate surface area is 235 Å². The molecule has 3 aliphatic carbocycles. The third-order valence-electron chi connectivity index (χ3n) is 11.6. The first kappa shape index (κ1) is 28.7. The lowest BCUT2D eigenvalue weighted by atomic mass is 9.70. The van der Waals surface area contributed by atoms with Crippen LogP contribution < -0.4 is 32.3 Å². The van der Waals surface area contributed by atoms with Crippen molar-refractivity contribution < 1.29 is 10.2 Å². The maximum atomic E-state index is 11.0. The zero-order chi connectivity index (χ0) is 27.5. The fourth-order valence-corrected chi connectivity index (χ4v) is 8.83. The van der Waals surface area contributed by atoms with Crippen molar-refractivity contribution in [2.45, 2.75) is 133 Å². The Morgan fingerprint density at radius 2 is 1.69 bits per heavy atom. The molecule has 6 rings (SSSR count). The average Bonchev–Trinajstić information content (AvgIpc) is 3.54. The molecule has 0 aromatic rings. The molecule has 11 atom stereocenters. The lowest BCUT2D eigenvalue weighted by Gasteiger charge is -2.43. The highest BCUT2D eigenvalue weighted by atomic mass is 16.3. The topological polar surface area (TPSA) is 133 Å². The van der Waals surface area contributed by atoms with Gasteiger partial charge in [0.1, 0.15) is 0 Å². The summed E-state index contributed by atoms with van der Waals surface area (Å²) in [6.45, 7) is 9.39. The molecule has 39 heavy (non-hydrogen) atoms. The molecule has 3 aliphatic heterocycles. The van der Waals surface area contributed by atoms with E-state index in [4.69, 9.17) is 5.73 Å². The molecule has 6 fully saturated rings. The van der Waals surface area contributed by atoms with Crippen LogP contribution in [0.3, 0.4) is 0 Å². The number of nitrogens with two attached hydrogens (primary N) is 1. The van der Waals surface area contributed by atoms with Crippen LogP contribution in [0.4, 0.5) is 0 Å². The van der Waals surface area contributed by atoms with Gasteiger partial charge in [-0.15, -0.1) is 0 Å². The fourth-order valence-electron chi connectivity index (χ4n) is 8.83. The average molecular weight is 549 g/mol. The van der Waals surface area contributed by atoms with E-state index in [2.05, 4.69) is 64.2 Å². The molecule has 9 N–H and O–H groups in total. The van der Waals surface area contributed by atoms with E-state index in [0.717, 1.165) is 24.8 Å². The summed E-state index contributed by atoms with van der Waals surface area (Å²) in [6, 6.07) is 1.96. The molecule has 3 heterocycles. The van der Waals surface area contributed by atoms with Crippen molar-refractivity contribution in [1.82, 2.24) is 36.4 Å². The van der Waals surface area contributed by atoms with E-state index in [-0.39, 0.29) is 30.3 Å². The Balaban J connectivity index is 0.920. The largest absolute Gasteiger partial charge is 0.390 e. The zero-order valence-electron chi connectivity index (χ0n) is 24.6. The van der Waals surface area contributed by atoms with Gasteiger partial charge in [-0.3, -0.25) is 31.5 Å². The summed E-state index contributed by atoms with van der Waals surface area (Å²) < 4.78 is 0. The second kappa shape index (κ2) is 11.4. The highest BCUT2D eigenvalue weighted by Gasteiger charge is 2.51. The number of nitrogens with zero attached hydrogens (tertiary/aromatic N) is 2. The van der Waals surface area contributed by atoms with Gasteiger partial charge in [0.2, 0.25) is 0 Å². The van der Waals surface area contributed by atoms with E-state index in [9.17, 15) is 10.2 Å². The maximum absolute atomic E-state index is 11.0. The van der Waals surface area contributed by atoms with Crippen molar-refractivity contribution in [3.05, 3.63) is 0 Å². The van der Waals surface area contributed by atoms with Crippen molar-refractivity contribution in [1.29, 1.82) is 0 Å². The number of aliphatic hydroxyl groups is 2. The van der Waals surface area contributed by atoms with Crippen LogP contribution in [-0.2, 0) is 0 Å². The SMILES string of the molecule is CN(C[C@H]1C[C@@H](N2CNC3C(N)NCNC32)[C@H](O)[C@@H]1O)C1CC(CCC2NC3CCC(C(C)(C)C)CC3N2)C1. The van der Waals surface area contributed by atoms with Crippen LogP contribution in [0.1, 0.15) is 72.1 Å². The molecule has 0 aromatic heterocycles. The lowest BCUT2D eigenvalue weighted by molar-refractivity contribution is -0.0257. The van der Waals surface area contributed by atoms with Gasteiger partial charge in [0, 0.05) is 43.3 Å². The zero-order valence-corrected chi connectivity index (χ0v) is 24.6. The summed E-state index contributed by atoms with van der Waals surface area (Å²) in [5.41, 5.74) is 6.65. The molecule has 0 radical (unpaired) electrons. The van der Waals surface area contributed by atoms with Gasteiger partial charge in [0.25, 0.3) is 0 Å². The Morgan fingerprint density at radius 1 is 0.923 bits per heavy atom. The summed E-state index contributed by atoms with van der Waals surface area (Å²) in [4.78, 5) is 4.74. The van der Waals surface area contributed by atoms with Crippen LogP contribution >= 0.6 is 0 Å². The van der Waals surface area contributed by atoms with E-state index in [1.807, 2.05) is 0 Å². The van der Waals surface area contributed by atoms with Crippen LogP contribution in [0, 0.1) is 23.2 Å². The van der Waals surface area contributed by atoms with Crippen LogP contribution in [0.5, 0.6) is 0 Å². The predicted octanol–water partition coefficient (Wildman–Crippen LogP) is -0.318. The van der Waals surface area contributed by atoms with Gasteiger partial charge >= 0.3 is 0 Å². The standard InChI is InChI=1S/C29H56N8O2/c1-29(2,3)18-6-7-20-21(12-18)35-23(34-20)8-5-16-9-19(10-16)36(4)13-17-11-22(26(39)25(17)38)37-15-33-24-27(30)31-14-32-28(24)37/h16-28,31-35,38-39H,5-15,30H2,1-4H3/t16?,17-,18?,19?,20?,21?,22-,23?,24?,25-,26+,27?,28?/m1/s1. The van der Waals surface area contributed by atoms with Crippen molar-refractivity contribution >= 4 is 0 Å². The molecule has 10 heteroatoms. The van der Waals surface area contributed by atoms with E-state index in [0.29, 0.717) is 43.0 Å². The van der Waals surface area contributed by atoms with Gasteiger partial charge < -0.3 is 20.8 Å². The molecule has 224 valence electrons. The van der Waals surface area contributed by atoms with E-state index in [1.165, 1.54) is 44.9 Å². The Bertz CT molecular complexity index is 837. The summed E-state index contributed by atoms with van der Waals surface area (Å²) in [5, 5.41) is 40.0. The maximum Gasteiger partial charge on any atom is 0.0958 e. The van der Waals surface area contributed by atoms with Crippen LogP contribution in [-0.4, -0.2) is 108 Å².